The largest absolute Gasteiger partial charge is 0.453 e. The summed E-state index contributed by atoms with van der Waals surface area (Å²) in [4.78, 5) is 36.2. The second kappa shape index (κ2) is 8.81. The number of hydrogen-bond acceptors (Lipinski definition) is 7. The maximum absolute atomic E-state index is 12.8. The van der Waals surface area contributed by atoms with E-state index in [0.29, 0.717) is 21.1 Å². The van der Waals surface area contributed by atoms with Crippen LogP contribution in [0.4, 0.5) is 15.3 Å². The van der Waals surface area contributed by atoms with Gasteiger partial charge in [-0.3, -0.25) is 10.1 Å². The van der Waals surface area contributed by atoms with Gasteiger partial charge >= 0.3 is 12.2 Å². The van der Waals surface area contributed by atoms with E-state index in [-0.39, 0.29) is 5.75 Å². The summed E-state index contributed by atoms with van der Waals surface area (Å²) in [7, 11) is -2.04. The van der Waals surface area contributed by atoms with Gasteiger partial charge in [-0.15, -0.1) is 0 Å². The third-order valence-electron chi connectivity index (χ3n) is 4.50. The van der Waals surface area contributed by atoms with Crippen LogP contribution in [0.15, 0.2) is 12.1 Å². The summed E-state index contributed by atoms with van der Waals surface area (Å²) in [5.74, 6) is -0.943. The van der Waals surface area contributed by atoms with E-state index in [9.17, 15) is 22.8 Å². The molecule has 0 aliphatic rings. The molecule has 9 nitrogen and oxygen atoms in total. The molecule has 0 bridgehead atoms. The van der Waals surface area contributed by atoms with Gasteiger partial charge in [-0.05, 0) is 51.0 Å². The number of sulfonamides is 1. The standard InChI is InChI=1S/C19H28N2O7S/c1-11(2)16(22)19(5,6)29(25,26)21(7)18(24)28-14-9-12(3)15(13(4)10-14)20-17(23)27-8/h9-11H,1-8H3,(H,20,23). The number of hydrogen-bond donors (Lipinski definition) is 1. The molecule has 0 fully saturated rings. The van der Waals surface area contributed by atoms with Gasteiger partial charge in [0.1, 0.15) is 10.5 Å². The van der Waals surface area contributed by atoms with E-state index in [2.05, 4.69) is 10.1 Å². The number of anilines is 1. The van der Waals surface area contributed by atoms with Crippen molar-refractivity contribution >= 4 is 33.7 Å². The second-order valence-electron chi connectivity index (χ2n) is 7.42. The summed E-state index contributed by atoms with van der Waals surface area (Å²) >= 11 is 0. The minimum atomic E-state index is -4.31. The monoisotopic (exact) mass is 428 g/mol. The van der Waals surface area contributed by atoms with Crippen molar-refractivity contribution in [2.75, 3.05) is 19.5 Å². The Morgan fingerprint density at radius 1 is 1.10 bits per heavy atom. The summed E-state index contributed by atoms with van der Waals surface area (Å²) in [6.45, 7) is 9.06. The molecule has 1 rings (SSSR count). The number of carbonyl (C=O) groups is 3. The number of nitrogens with one attached hydrogen (secondary N) is 1. The Bertz CT molecular complexity index is 897. The molecule has 0 aliphatic carbocycles. The normalized spacial score (nSPS) is 11.8. The number of carbonyl (C=O) groups excluding carboxylic acids is 3. The molecule has 0 atom stereocenters. The molecule has 29 heavy (non-hydrogen) atoms. The zero-order chi connectivity index (χ0) is 22.7. The van der Waals surface area contributed by atoms with Crippen molar-refractivity contribution in [2.24, 2.45) is 5.92 Å². The van der Waals surface area contributed by atoms with E-state index in [0.717, 1.165) is 7.05 Å². The van der Waals surface area contributed by atoms with Crippen molar-refractivity contribution in [3.63, 3.8) is 0 Å². The van der Waals surface area contributed by atoms with Crippen LogP contribution in [0.25, 0.3) is 0 Å². The van der Waals surface area contributed by atoms with Crippen molar-refractivity contribution in [3.05, 3.63) is 23.3 Å². The lowest BCUT2D eigenvalue weighted by atomic mass is 9.98. The summed E-state index contributed by atoms with van der Waals surface area (Å²) in [6, 6.07) is 2.95. The average Bonchev–Trinajstić information content (AvgIpc) is 2.62. The van der Waals surface area contributed by atoms with Crippen LogP contribution < -0.4 is 10.1 Å². The van der Waals surface area contributed by atoms with Crippen LogP contribution in [0.1, 0.15) is 38.8 Å². The highest BCUT2D eigenvalue weighted by Gasteiger charge is 2.47. The van der Waals surface area contributed by atoms with Crippen molar-refractivity contribution in [1.29, 1.82) is 0 Å². The predicted molar refractivity (Wildman–Crippen MR) is 109 cm³/mol. The number of ketones is 1. The minimum Gasteiger partial charge on any atom is -0.453 e. The molecular weight excluding hydrogens is 400 g/mol. The zero-order valence-electron chi connectivity index (χ0n) is 17.9. The molecule has 0 saturated heterocycles. The number of rotatable bonds is 6. The number of amides is 2. The van der Waals surface area contributed by atoms with Crippen LogP contribution in [0.2, 0.25) is 0 Å². The van der Waals surface area contributed by atoms with Crippen LogP contribution in [0.3, 0.4) is 0 Å². The molecule has 1 aromatic carbocycles. The number of ether oxygens (including phenoxy) is 2. The van der Waals surface area contributed by atoms with Gasteiger partial charge in [-0.1, -0.05) is 13.8 Å². The van der Waals surface area contributed by atoms with E-state index >= 15 is 0 Å². The first-order chi connectivity index (χ1) is 13.2. The fourth-order valence-electron chi connectivity index (χ4n) is 2.76. The van der Waals surface area contributed by atoms with Crippen LogP contribution in [-0.2, 0) is 19.6 Å². The van der Waals surface area contributed by atoms with E-state index in [4.69, 9.17) is 4.74 Å². The third kappa shape index (κ3) is 5.06. The van der Waals surface area contributed by atoms with Crippen LogP contribution in [-0.4, -0.2) is 49.6 Å². The Morgan fingerprint density at radius 2 is 1.59 bits per heavy atom. The van der Waals surface area contributed by atoms with Gasteiger partial charge in [0.15, 0.2) is 5.78 Å². The molecule has 10 heteroatoms. The Kier molecular flexibility index (Phi) is 7.42. The molecule has 0 aromatic heterocycles. The summed E-state index contributed by atoms with van der Waals surface area (Å²) in [6.07, 6.45) is -1.80. The molecule has 0 heterocycles. The van der Waals surface area contributed by atoms with E-state index in [1.165, 1.54) is 33.1 Å². The first-order valence-corrected chi connectivity index (χ1v) is 10.3. The summed E-state index contributed by atoms with van der Waals surface area (Å²) in [5, 5.41) is 2.55. The van der Waals surface area contributed by atoms with Gasteiger partial charge in [0.25, 0.3) is 10.0 Å². The second-order valence-corrected chi connectivity index (χ2v) is 9.94. The quantitative estimate of drug-likeness (QED) is 0.738. The lowest BCUT2D eigenvalue weighted by molar-refractivity contribution is -0.123. The number of benzene rings is 1. The SMILES string of the molecule is COC(=O)Nc1c(C)cc(OC(=O)N(C)S(=O)(=O)C(C)(C)C(=O)C(C)C)cc1C. The van der Waals surface area contributed by atoms with Gasteiger partial charge in [-0.25, -0.2) is 22.3 Å². The van der Waals surface area contributed by atoms with Gasteiger partial charge in [0.05, 0.1) is 12.8 Å². The molecule has 2 amide bonds. The van der Waals surface area contributed by atoms with Crippen LogP contribution in [0.5, 0.6) is 5.75 Å². The highest BCUT2D eigenvalue weighted by atomic mass is 32.2. The Morgan fingerprint density at radius 3 is 2.00 bits per heavy atom. The highest BCUT2D eigenvalue weighted by molar-refractivity contribution is 7.91. The predicted octanol–water partition coefficient (Wildman–Crippen LogP) is 3.25. The lowest BCUT2D eigenvalue weighted by Gasteiger charge is -2.29. The van der Waals surface area contributed by atoms with Crippen LogP contribution >= 0.6 is 0 Å². The molecule has 162 valence electrons. The number of Topliss-reactive ketones (excluding diaryl/α,β-unsaturated/α-hetero) is 1. The molecule has 0 spiro atoms. The van der Waals surface area contributed by atoms with E-state index in [1.807, 2.05) is 0 Å². The van der Waals surface area contributed by atoms with Crippen molar-refractivity contribution in [2.45, 2.75) is 46.3 Å². The number of methoxy groups -OCH3 is 1. The molecular formula is C19H28N2O7S. The third-order valence-corrected chi connectivity index (χ3v) is 6.87. The van der Waals surface area contributed by atoms with Gasteiger partial charge in [0.2, 0.25) is 0 Å². The van der Waals surface area contributed by atoms with E-state index < -0.39 is 38.7 Å². The first kappa shape index (κ1) is 24.4. The van der Waals surface area contributed by atoms with Gasteiger partial charge < -0.3 is 9.47 Å². The molecule has 0 saturated carbocycles. The minimum absolute atomic E-state index is 0.0930. The molecule has 1 aromatic rings. The molecule has 1 N–H and O–H groups in total. The lowest BCUT2D eigenvalue weighted by Crippen LogP contribution is -2.52. The fraction of sp³-hybridized carbons (Fsp3) is 0.526. The Labute approximate surface area is 171 Å². The van der Waals surface area contributed by atoms with Crippen molar-refractivity contribution in [3.8, 4) is 5.75 Å². The topological polar surface area (TPSA) is 119 Å². The Balaban J connectivity index is 3.12. The smallest absolute Gasteiger partial charge is 0.428 e. The van der Waals surface area contributed by atoms with Crippen molar-refractivity contribution < 1.29 is 32.3 Å². The van der Waals surface area contributed by atoms with Crippen LogP contribution in [0, 0.1) is 19.8 Å². The summed E-state index contributed by atoms with van der Waals surface area (Å²) < 4.78 is 34.0. The van der Waals surface area contributed by atoms with E-state index in [1.54, 1.807) is 27.7 Å². The van der Waals surface area contributed by atoms with Gasteiger partial charge in [0, 0.05) is 13.0 Å². The molecule has 0 unspecified atom stereocenters. The Hall–Kier alpha value is -2.62. The number of nitrogens with zero attached hydrogens (tertiary/aromatic N) is 1. The fourth-order valence-corrected chi connectivity index (χ4v) is 4.17. The maximum atomic E-state index is 12.8. The highest BCUT2D eigenvalue weighted by Crippen LogP contribution is 2.29. The van der Waals surface area contributed by atoms with Gasteiger partial charge in [-0.2, -0.15) is 0 Å². The zero-order valence-corrected chi connectivity index (χ0v) is 18.8. The molecule has 0 radical (unpaired) electrons. The molecule has 0 aliphatic heterocycles. The number of aryl methyl sites for hydroxylation is 2. The first-order valence-electron chi connectivity index (χ1n) is 8.87. The summed E-state index contributed by atoms with van der Waals surface area (Å²) in [5.41, 5.74) is 1.65. The maximum Gasteiger partial charge on any atom is 0.428 e. The van der Waals surface area contributed by atoms with Crippen molar-refractivity contribution in [1.82, 2.24) is 4.31 Å². The average molecular weight is 429 g/mol.